The van der Waals surface area contributed by atoms with E-state index in [1.165, 1.54) is 11.8 Å². The smallest absolute Gasteiger partial charge is 0.321 e. The number of carbonyl (C=O) groups excluding carboxylic acids is 2. The van der Waals surface area contributed by atoms with Gasteiger partial charge in [0.15, 0.2) is 0 Å². The van der Waals surface area contributed by atoms with Crippen molar-refractivity contribution in [3.63, 3.8) is 0 Å². The molecule has 3 amide bonds. The lowest BCUT2D eigenvalue weighted by molar-refractivity contribution is -0.119. The summed E-state index contributed by atoms with van der Waals surface area (Å²) in [5.41, 5.74) is 2.50. The number of aryl methyl sites for hydroxylation is 2. The molecule has 3 aromatic rings. The summed E-state index contributed by atoms with van der Waals surface area (Å²) in [5.74, 6) is 0.0443. The summed E-state index contributed by atoms with van der Waals surface area (Å²) in [5, 5.41) is 9.10. The molecule has 0 spiro atoms. The third-order valence-electron chi connectivity index (χ3n) is 3.74. The van der Waals surface area contributed by atoms with E-state index in [4.69, 9.17) is 0 Å². The van der Waals surface area contributed by atoms with E-state index in [0.29, 0.717) is 17.5 Å². The van der Waals surface area contributed by atoms with Gasteiger partial charge in [0.2, 0.25) is 11.1 Å². The number of aromatic nitrogens is 4. The molecule has 2 heterocycles. The van der Waals surface area contributed by atoms with Gasteiger partial charge in [-0.1, -0.05) is 42.1 Å². The molecule has 2 N–H and O–H groups in total. The van der Waals surface area contributed by atoms with E-state index < -0.39 is 17.2 Å². The van der Waals surface area contributed by atoms with Crippen LogP contribution in [0.25, 0.3) is 5.78 Å². The van der Waals surface area contributed by atoms with Crippen molar-refractivity contribution in [3.8, 4) is 0 Å². The molecule has 0 unspecified atom stereocenters. The Morgan fingerprint density at radius 2 is 1.93 bits per heavy atom. The van der Waals surface area contributed by atoms with Crippen LogP contribution in [0.5, 0.6) is 0 Å². The third kappa shape index (κ3) is 4.43. The Bertz CT molecular complexity index is 973. The SMILES string of the molecule is CCNC(=O)NC(=O)[C@H](Sc1nc2nc(C)cc(C)n2n1)c1ccccc1. The molecule has 8 nitrogen and oxygen atoms in total. The number of hydrogen-bond donors (Lipinski definition) is 2. The average Bonchev–Trinajstić information content (AvgIpc) is 3.03. The molecule has 0 aliphatic heterocycles. The number of rotatable bonds is 5. The van der Waals surface area contributed by atoms with Gasteiger partial charge >= 0.3 is 6.03 Å². The minimum absolute atomic E-state index is 0.413. The van der Waals surface area contributed by atoms with Crippen molar-refractivity contribution in [3.05, 3.63) is 53.3 Å². The highest BCUT2D eigenvalue weighted by Crippen LogP contribution is 2.33. The zero-order valence-corrected chi connectivity index (χ0v) is 16.1. The Morgan fingerprint density at radius 3 is 2.63 bits per heavy atom. The second-order valence-corrected chi connectivity index (χ2v) is 6.97. The van der Waals surface area contributed by atoms with Crippen molar-refractivity contribution in [2.45, 2.75) is 31.2 Å². The molecular weight excluding hydrogens is 364 g/mol. The number of fused-ring (bicyclic) bond motifs is 1. The van der Waals surface area contributed by atoms with Crippen molar-refractivity contribution >= 4 is 29.5 Å². The standard InChI is InChI=1S/C18H20N6O2S/c1-4-19-17(26)21-15(25)14(13-8-6-5-7-9-13)27-18-22-16-20-11(2)10-12(3)24(16)23-18/h5-10,14H,4H2,1-3H3,(H2,19,21,25,26)/t14-/m1/s1. The largest absolute Gasteiger partial charge is 0.338 e. The lowest BCUT2D eigenvalue weighted by atomic mass is 10.1. The molecular formula is C18H20N6O2S. The quantitative estimate of drug-likeness (QED) is 0.655. The number of carbonyl (C=O) groups is 2. The molecule has 0 radical (unpaired) electrons. The molecule has 140 valence electrons. The van der Waals surface area contributed by atoms with E-state index in [1.807, 2.05) is 50.2 Å². The van der Waals surface area contributed by atoms with Crippen LogP contribution in [0.15, 0.2) is 41.6 Å². The van der Waals surface area contributed by atoms with Gasteiger partial charge in [0.05, 0.1) is 0 Å². The summed E-state index contributed by atoms with van der Waals surface area (Å²) in [6, 6.07) is 10.6. The fraction of sp³-hybridized carbons (Fsp3) is 0.278. The van der Waals surface area contributed by atoms with E-state index >= 15 is 0 Å². The van der Waals surface area contributed by atoms with Crippen molar-refractivity contribution in [2.24, 2.45) is 0 Å². The molecule has 9 heteroatoms. The third-order valence-corrected chi connectivity index (χ3v) is 4.84. The lowest BCUT2D eigenvalue weighted by Gasteiger charge is -2.14. The minimum atomic E-state index is -0.673. The molecule has 1 aromatic carbocycles. The van der Waals surface area contributed by atoms with Crippen LogP contribution in [0.3, 0.4) is 0 Å². The first-order chi connectivity index (χ1) is 13.0. The normalized spacial score (nSPS) is 12.0. The predicted molar refractivity (Wildman–Crippen MR) is 103 cm³/mol. The second kappa shape index (κ2) is 8.17. The summed E-state index contributed by atoms with van der Waals surface area (Å²) in [7, 11) is 0. The number of nitrogens with one attached hydrogen (secondary N) is 2. The van der Waals surface area contributed by atoms with Gasteiger partial charge in [0, 0.05) is 17.9 Å². The van der Waals surface area contributed by atoms with Crippen molar-refractivity contribution in [1.82, 2.24) is 30.2 Å². The Hall–Kier alpha value is -2.94. The van der Waals surface area contributed by atoms with Gasteiger partial charge in [-0.3, -0.25) is 10.1 Å². The summed E-state index contributed by atoms with van der Waals surface area (Å²) in [4.78, 5) is 33.3. The van der Waals surface area contributed by atoms with E-state index in [9.17, 15) is 9.59 Å². The van der Waals surface area contributed by atoms with Crippen LogP contribution in [0.1, 0.15) is 29.1 Å². The maximum Gasteiger partial charge on any atom is 0.321 e. The molecule has 3 rings (SSSR count). The van der Waals surface area contributed by atoms with Gasteiger partial charge in [0.25, 0.3) is 5.78 Å². The first-order valence-corrected chi connectivity index (χ1v) is 9.37. The monoisotopic (exact) mass is 384 g/mol. The van der Waals surface area contributed by atoms with Gasteiger partial charge in [-0.15, -0.1) is 5.10 Å². The lowest BCUT2D eigenvalue weighted by Crippen LogP contribution is -2.41. The molecule has 0 bridgehead atoms. The second-order valence-electron chi connectivity index (χ2n) is 5.90. The number of nitrogens with zero attached hydrogens (tertiary/aromatic N) is 4. The average molecular weight is 384 g/mol. The van der Waals surface area contributed by atoms with Crippen LogP contribution in [0.2, 0.25) is 0 Å². The Morgan fingerprint density at radius 1 is 1.19 bits per heavy atom. The fourth-order valence-electron chi connectivity index (χ4n) is 2.59. The summed E-state index contributed by atoms with van der Waals surface area (Å²) >= 11 is 1.18. The first kappa shape index (κ1) is 18.8. The van der Waals surface area contributed by atoms with Gasteiger partial charge in [-0.05, 0) is 32.4 Å². The van der Waals surface area contributed by atoms with E-state index in [2.05, 4.69) is 25.7 Å². The van der Waals surface area contributed by atoms with Gasteiger partial charge in [-0.25, -0.2) is 14.3 Å². The molecule has 0 saturated heterocycles. The summed E-state index contributed by atoms with van der Waals surface area (Å²) in [6.45, 7) is 6.02. The van der Waals surface area contributed by atoms with Gasteiger partial charge < -0.3 is 5.32 Å². The maximum atomic E-state index is 12.7. The number of hydrogen-bond acceptors (Lipinski definition) is 6. The highest BCUT2D eigenvalue weighted by Gasteiger charge is 2.25. The van der Waals surface area contributed by atoms with Crippen LogP contribution in [-0.4, -0.2) is 38.1 Å². The van der Waals surface area contributed by atoms with Crippen LogP contribution < -0.4 is 10.6 Å². The van der Waals surface area contributed by atoms with Gasteiger partial charge in [-0.2, -0.15) is 4.98 Å². The number of imide groups is 1. The molecule has 0 aliphatic rings. The van der Waals surface area contributed by atoms with Crippen LogP contribution in [-0.2, 0) is 4.79 Å². The predicted octanol–water partition coefficient (Wildman–Crippen LogP) is 2.42. The minimum Gasteiger partial charge on any atom is -0.338 e. The van der Waals surface area contributed by atoms with Crippen molar-refractivity contribution in [2.75, 3.05) is 6.54 Å². The number of thioether (sulfide) groups is 1. The highest BCUT2D eigenvalue weighted by molar-refractivity contribution is 8.00. The molecule has 27 heavy (non-hydrogen) atoms. The maximum absolute atomic E-state index is 12.7. The zero-order chi connectivity index (χ0) is 19.4. The molecule has 0 saturated carbocycles. The number of benzene rings is 1. The Balaban J connectivity index is 1.90. The van der Waals surface area contributed by atoms with Crippen LogP contribution in [0, 0.1) is 13.8 Å². The topological polar surface area (TPSA) is 101 Å². The van der Waals surface area contributed by atoms with Crippen LogP contribution >= 0.6 is 11.8 Å². The van der Waals surface area contributed by atoms with Crippen LogP contribution in [0.4, 0.5) is 4.79 Å². The number of urea groups is 1. The Kier molecular flexibility index (Phi) is 5.70. The highest BCUT2D eigenvalue weighted by atomic mass is 32.2. The summed E-state index contributed by atoms with van der Waals surface area (Å²) < 4.78 is 1.64. The fourth-order valence-corrected chi connectivity index (χ4v) is 3.52. The molecule has 0 aliphatic carbocycles. The van der Waals surface area contributed by atoms with Gasteiger partial charge in [0.1, 0.15) is 5.25 Å². The molecule has 0 fully saturated rings. The summed E-state index contributed by atoms with van der Waals surface area (Å²) in [6.07, 6.45) is 0. The Labute approximate surface area is 160 Å². The molecule has 2 aromatic heterocycles. The van der Waals surface area contributed by atoms with E-state index in [0.717, 1.165) is 17.0 Å². The molecule has 1 atom stereocenters. The van der Waals surface area contributed by atoms with Crippen molar-refractivity contribution in [1.29, 1.82) is 0 Å². The van der Waals surface area contributed by atoms with Crippen molar-refractivity contribution < 1.29 is 9.59 Å². The number of amides is 3. The zero-order valence-electron chi connectivity index (χ0n) is 15.3. The first-order valence-electron chi connectivity index (χ1n) is 8.49. The van der Waals surface area contributed by atoms with E-state index in [-0.39, 0.29) is 0 Å². The van der Waals surface area contributed by atoms with E-state index in [1.54, 1.807) is 11.4 Å².